The van der Waals surface area contributed by atoms with Gasteiger partial charge in [0, 0.05) is 17.8 Å². The molecule has 1 atom stereocenters. The molecule has 1 aromatic carbocycles. The zero-order valence-corrected chi connectivity index (χ0v) is 15.6. The van der Waals surface area contributed by atoms with Crippen LogP contribution in [0.3, 0.4) is 0 Å². The number of thiophene rings is 1. The Kier molecular flexibility index (Phi) is 4.74. The molecule has 3 heterocycles. The highest BCUT2D eigenvalue weighted by atomic mass is 35.5. The molecule has 1 aliphatic rings. The molecule has 0 bridgehead atoms. The first kappa shape index (κ1) is 16.6. The van der Waals surface area contributed by atoms with E-state index in [4.69, 9.17) is 16.3 Å². The number of rotatable bonds is 4. The fraction of sp³-hybridized carbons (Fsp3) is 0.222. The van der Waals surface area contributed by atoms with E-state index in [9.17, 15) is 4.79 Å². The van der Waals surface area contributed by atoms with Crippen LogP contribution in [0.5, 0.6) is 5.75 Å². The van der Waals surface area contributed by atoms with Crippen molar-refractivity contribution < 1.29 is 9.53 Å². The van der Waals surface area contributed by atoms with Crippen LogP contribution in [0, 0.1) is 5.92 Å². The molecule has 1 amide bonds. The van der Waals surface area contributed by atoms with E-state index in [0.29, 0.717) is 23.2 Å². The Morgan fingerprint density at radius 2 is 2.20 bits per heavy atom. The third kappa shape index (κ3) is 3.71. The third-order valence-electron chi connectivity index (χ3n) is 4.03. The van der Waals surface area contributed by atoms with Gasteiger partial charge in [-0.05, 0) is 30.2 Å². The van der Waals surface area contributed by atoms with Gasteiger partial charge in [-0.3, -0.25) is 4.79 Å². The number of hydrogen-bond acceptors (Lipinski definition) is 5. The summed E-state index contributed by atoms with van der Waals surface area (Å²) in [4.78, 5) is 17.8. The summed E-state index contributed by atoms with van der Waals surface area (Å²) >= 11 is 8.87. The largest absolute Gasteiger partial charge is 0.493 e. The number of carbonyl (C=O) groups is 1. The molecule has 128 valence electrons. The van der Waals surface area contributed by atoms with Gasteiger partial charge in [0.15, 0.2) is 0 Å². The minimum atomic E-state index is -0.149. The van der Waals surface area contributed by atoms with Gasteiger partial charge >= 0.3 is 0 Å². The first-order valence-electron chi connectivity index (χ1n) is 7.89. The number of halogens is 1. The van der Waals surface area contributed by atoms with Crippen molar-refractivity contribution in [3.8, 4) is 15.6 Å². The molecule has 2 aromatic heterocycles. The summed E-state index contributed by atoms with van der Waals surface area (Å²) in [5.74, 6) is 1.07. The lowest BCUT2D eigenvalue weighted by molar-refractivity contribution is 0.0935. The first-order valence-corrected chi connectivity index (χ1v) is 9.96. The molecule has 0 spiro atoms. The Balaban J connectivity index is 1.36. The highest BCUT2D eigenvalue weighted by Crippen LogP contribution is 2.33. The van der Waals surface area contributed by atoms with E-state index < -0.39 is 0 Å². The van der Waals surface area contributed by atoms with Crippen LogP contribution in [-0.2, 0) is 6.42 Å². The molecule has 3 aromatic rings. The summed E-state index contributed by atoms with van der Waals surface area (Å²) in [7, 11) is 0. The topological polar surface area (TPSA) is 51.2 Å². The normalized spacial score (nSPS) is 16.1. The Morgan fingerprint density at radius 1 is 1.32 bits per heavy atom. The fourth-order valence-electron chi connectivity index (χ4n) is 2.77. The molecule has 0 saturated heterocycles. The lowest BCUT2D eigenvalue weighted by Crippen LogP contribution is -2.34. The van der Waals surface area contributed by atoms with Gasteiger partial charge in [0.2, 0.25) is 0 Å². The minimum Gasteiger partial charge on any atom is -0.493 e. The molecular formula is C18H15ClN2O2S2. The molecule has 1 aliphatic heterocycles. The molecule has 0 fully saturated rings. The van der Waals surface area contributed by atoms with E-state index >= 15 is 0 Å². The monoisotopic (exact) mass is 390 g/mol. The van der Waals surface area contributed by atoms with Crippen LogP contribution >= 0.6 is 34.3 Å². The molecule has 0 saturated carbocycles. The Morgan fingerprint density at radius 3 is 3.04 bits per heavy atom. The number of nitrogens with zero attached hydrogens (tertiary/aromatic N) is 1. The van der Waals surface area contributed by atoms with Crippen molar-refractivity contribution in [2.24, 2.45) is 5.92 Å². The van der Waals surface area contributed by atoms with Crippen molar-refractivity contribution in [3.05, 3.63) is 57.4 Å². The number of aromatic nitrogens is 1. The third-order valence-corrected chi connectivity index (χ3v) is 6.27. The van der Waals surface area contributed by atoms with Gasteiger partial charge in [-0.2, -0.15) is 0 Å². The maximum Gasteiger partial charge on any atom is 0.270 e. The Bertz CT molecular complexity index is 906. The quantitative estimate of drug-likeness (QED) is 0.713. The van der Waals surface area contributed by atoms with Gasteiger partial charge in [0.05, 0.1) is 15.8 Å². The molecule has 4 nitrogen and oxygen atoms in total. The zero-order valence-electron chi connectivity index (χ0n) is 13.2. The number of thiazole rings is 1. The number of fused-ring (bicyclic) bond motifs is 1. The number of ether oxygens (including phenoxy) is 1. The number of nitrogens with one attached hydrogen (secondary N) is 1. The molecule has 7 heteroatoms. The molecule has 0 radical (unpaired) electrons. The fourth-order valence-corrected chi connectivity index (χ4v) is 4.69. The number of hydrogen-bond donors (Lipinski definition) is 1. The summed E-state index contributed by atoms with van der Waals surface area (Å²) < 4.78 is 6.48. The highest BCUT2D eigenvalue weighted by molar-refractivity contribution is 7.23. The zero-order chi connectivity index (χ0) is 17.2. The summed E-state index contributed by atoms with van der Waals surface area (Å²) in [6, 6.07) is 11.8. The molecule has 4 rings (SSSR count). The molecule has 0 aliphatic carbocycles. The number of amides is 1. The summed E-state index contributed by atoms with van der Waals surface area (Å²) in [6.07, 6.45) is 0.909. The molecular weight excluding hydrogens is 376 g/mol. The standard InChI is InChI=1S/C18H15ClN2O2S2/c19-16-6-5-15(25-16)18-21-13(10-24-18)17(22)20-8-11-7-12-3-1-2-4-14(12)23-9-11/h1-6,10-11H,7-9H2,(H,20,22). The molecule has 1 N–H and O–H groups in total. The van der Waals surface area contributed by atoms with E-state index in [-0.39, 0.29) is 11.8 Å². The van der Waals surface area contributed by atoms with Gasteiger partial charge in [0.25, 0.3) is 5.91 Å². The van der Waals surface area contributed by atoms with Crippen molar-refractivity contribution in [2.45, 2.75) is 6.42 Å². The van der Waals surface area contributed by atoms with Crippen LogP contribution in [0.15, 0.2) is 41.8 Å². The van der Waals surface area contributed by atoms with E-state index in [1.165, 1.54) is 28.2 Å². The van der Waals surface area contributed by atoms with E-state index in [1.54, 1.807) is 5.38 Å². The lowest BCUT2D eigenvalue weighted by atomic mass is 9.97. The van der Waals surface area contributed by atoms with Gasteiger partial charge in [-0.15, -0.1) is 22.7 Å². The van der Waals surface area contributed by atoms with E-state index in [2.05, 4.69) is 16.4 Å². The van der Waals surface area contributed by atoms with Crippen LogP contribution in [0.4, 0.5) is 0 Å². The maximum absolute atomic E-state index is 12.4. The average molecular weight is 391 g/mol. The second-order valence-electron chi connectivity index (χ2n) is 5.84. The molecule has 25 heavy (non-hydrogen) atoms. The van der Waals surface area contributed by atoms with E-state index in [1.807, 2.05) is 30.3 Å². The summed E-state index contributed by atoms with van der Waals surface area (Å²) in [5, 5.41) is 5.57. The van der Waals surface area contributed by atoms with Gasteiger partial charge in [-0.1, -0.05) is 29.8 Å². The number of para-hydroxylation sites is 1. The van der Waals surface area contributed by atoms with Gasteiger partial charge < -0.3 is 10.1 Å². The van der Waals surface area contributed by atoms with Crippen LogP contribution in [-0.4, -0.2) is 24.0 Å². The van der Waals surface area contributed by atoms with Crippen molar-refractivity contribution >= 4 is 40.2 Å². The predicted octanol–water partition coefficient (Wildman–Crippen LogP) is 4.51. The average Bonchev–Trinajstić information content (AvgIpc) is 3.28. The predicted molar refractivity (Wildman–Crippen MR) is 102 cm³/mol. The van der Waals surface area contributed by atoms with Crippen molar-refractivity contribution in [3.63, 3.8) is 0 Å². The first-order chi connectivity index (χ1) is 12.2. The number of benzene rings is 1. The summed E-state index contributed by atoms with van der Waals surface area (Å²) in [5.41, 5.74) is 1.64. The molecule has 1 unspecified atom stereocenters. The summed E-state index contributed by atoms with van der Waals surface area (Å²) in [6.45, 7) is 1.19. The SMILES string of the molecule is O=C(NCC1COc2ccccc2C1)c1csc(-c2ccc(Cl)s2)n1. The second kappa shape index (κ2) is 7.15. The van der Waals surface area contributed by atoms with Crippen LogP contribution in [0.25, 0.3) is 9.88 Å². The van der Waals surface area contributed by atoms with Crippen molar-refractivity contribution in [1.82, 2.24) is 10.3 Å². The smallest absolute Gasteiger partial charge is 0.270 e. The van der Waals surface area contributed by atoms with Crippen LogP contribution in [0.2, 0.25) is 4.34 Å². The van der Waals surface area contributed by atoms with Crippen LogP contribution < -0.4 is 10.1 Å². The van der Waals surface area contributed by atoms with Crippen molar-refractivity contribution in [1.29, 1.82) is 0 Å². The Hall–Kier alpha value is -1.89. The van der Waals surface area contributed by atoms with Gasteiger partial charge in [-0.25, -0.2) is 4.98 Å². The van der Waals surface area contributed by atoms with E-state index in [0.717, 1.165) is 22.1 Å². The lowest BCUT2D eigenvalue weighted by Gasteiger charge is -2.25. The van der Waals surface area contributed by atoms with Gasteiger partial charge in [0.1, 0.15) is 16.5 Å². The maximum atomic E-state index is 12.4. The number of carbonyl (C=O) groups excluding carboxylic acids is 1. The highest BCUT2D eigenvalue weighted by Gasteiger charge is 2.21. The minimum absolute atomic E-state index is 0.149. The second-order valence-corrected chi connectivity index (χ2v) is 8.41. The van der Waals surface area contributed by atoms with Crippen LogP contribution in [0.1, 0.15) is 16.1 Å². The van der Waals surface area contributed by atoms with Crippen molar-refractivity contribution in [2.75, 3.05) is 13.2 Å². The Labute approximate surface area is 158 Å².